The van der Waals surface area contributed by atoms with Gasteiger partial charge in [-0.05, 0) is 30.2 Å². The molecule has 2 aromatic rings. The standard InChI is InChI=1S/C16H16ClF2N/c1-11(13-6-8-15(17)9-7-13)20-10-12-2-4-14(5-3-12)16(18)19/h2-9,11,16,20H,10H2,1H3/t11-/m0/s1. The van der Waals surface area contributed by atoms with E-state index in [-0.39, 0.29) is 11.6 Å². The van der Waals surface area contributed by atoms with Crippen molar-refractivity contribution in [3.05, 3.63) is 70.2 Å². The summed E-state index contributed by atoms with van der Waals surface area (Å²) >= 11 is 5.85. The predicted molar refractivity (Wildman–Crippen MR) is 78.1 cm³/mol. The van der Waals surface area contributed by atoms with E-state index in [1.165, 1.54) is 12.1 Å². The van der Waals surface area contributed by atoms with Gasteiger partial charge in [-0.3, -0.25) is 0 Å². The van der Waals surface area contributed by atoms with Crippen LogP contribution in [0.15, 0.2) is 48.5 Å². The Morgan fingerprint density at radius 3 is 2.05 bits per heavy atom. The van der Waals surface area contributed by atoms with E-state index < -0.39 is 6.43 Å². The Balaban J connectivity index is 1.92. The minimum Gasteiger partial charge on any atom is -0.306 e. The number of hydrogen-bond donors (Lipinski definition) is 1. The van der Waals surface area contributed by atoms with Crippen molar-refractivity contribution in [2.75, 3.05) is 0 Å². The molecule has 1 nitrogen and oxygen atoms in total. The summed E-state index contributed by atoms with van der Waals surface area (Å²) < 4.78 is 24.9. The Morgan fingerprint density at radius 1 is 0.950 bits per heavy atom. The lowest BCUT2D eigenvalue weighted by molar-refractivity contribution is 0.151. The van der Waals surface area contributed by atoms with E-state index in [0.29, 0.717) is 11.6 Å². The first-order valence-corrected chi connectivity index (χ1v) is 6.80. The third-order valence-corrected chi connectivity index (χ3v) is 3.47. The first-order chi connectivity index (χ1) is 9.56. The molecule has 0 radical (unpaired) electrons. The van der Waals surface area contributed by atoms with Crippen LogP contribution in [0.1, 0.15) is 36.1 Å². The fourth-order valence-electron chi connectivity index (χ4n) is 1.92. The Morgan fingerprint density at radius 2 is 1.50 bits per heavy atom. The summed E-state index contributed by atoms with van der Waals surface area (Å²) in [4.78, 5) is 0. The van der Waals surface area contributed by atoms with Crippen molar-refractivity contribution in [3.63, 3.8) is 0 Å². The van der Waals surface area contributed by atoms with Crippen LogP contribution in [0.25, 0.3) is 0 Å². The van der Waals surface area contributed by atoms with Crippen LogP contribution in [0.5, 0.6) is 0 Å². The van der Waals surface area contributed by atoms with Crippen LogP contribution in [0.4, 0.5) is 8.78 Å². The number of benzene rings is 2. The second kappa shape index (κ2) is 6.82. The quantitative estimate of drug-likeness (QED) is 0.806. The van der Waals surface area contributed by atoms with Crippen LogP contribution in [0, 0.1) is 0 Å². The lowest BCUT2D eigenvalue weighted by Gasteiger charge is -2.14. The number of hydrogen-bond acceptors (Lipinski definition) is 1. The van der Waals surface area contributed by atoms with Crippen LogP contribution in [0.2, 0.25) is 5.02 Å². The SMILES string of the molecule is C[C@H](NCc1ccc(C(F)F)cc1)c1ccc(Cl)cc1. The topological polar surface area (TPSA) is 12.0 Å². The van der Waals surface area contributed by atoms with E-state index in [2.05, 4.69) is 12.2 Å². The van der Waals surface area contributed by atoms with Crippen molar-refractivity contribution in [1.29, 1.82) is 0 Å². The van der Waals surface area contributed by atoms with Gasteiger partial charge >= 0.3 is 0 Å². The van der Waals surface area contributed by atoms with Gasteiger partial charge in [-0.2, -0.15) is 0 Å². The molecule has 0 amide bonds. The highest BCUT2D eigenvalue weighted by Crippen LogP contribution is 2.19. The molecule has 0 aliphatic rings. The van der Waals surface area contributed by atoms with Crippen molar-refractivity contribution in [1.82, 2.24) is 5.32 Å². The van der Waals surface area contributed by atoms with E-state index in [0.717, 1.165) is 11.1 Å². The molecule has 0 saturated carbocycles. The molecule has 4 heteroatoms. The summed E-state index contributed by atoms with van der Waals surface area (Å²) in [6.07, 6.45) is -2.41. The number of alkyl halides is 2. The highest BCUT2D eigenvalue weighted by Gasteiger charge is 2.07. The number of rotatable bonds is 5. The molecule has 2 aromatic carbocycles. The first kappa shape index (κ1) is 14.9. The van der Waals surface area contributed by atoms with Gasteiger partial charge in [0.05, 0.1) is 0 Å². The van der Waals surface area contributed by atoms with Crippen LogP contribution in [-0.4, -0.2) is 0 Å². The molecule has 1 atom stereocenters. The van der Waals surface area contributed by atoms with Crippen LogP contribution < -0.4 is 5.32 Å². The summed E-state index contributed by atoms with van der Waals surface area (Å²) in [5.74, 6) is 0. The monoisotopic (exact) mass is 295 g/mol. The van der Waals surface area contributed by atoms with Crippen LogP contribution in [-0.2, 0) is 6.54 Å². The van der Waals surface area contributed by atoms with Gasteiger partial charge in [-0.25, -0.2) is 8.78 Å². The second-order valence-corrected chi connectivity index (χ2v) is 5.13. The van der Waals surface area contributed by atoms with Gasteiger partial charge in [-0.15, -0.1) is 0 Å². The molecule has 0 unspecified atom stereocenters. The van der Waals surface area contributed by atoms with Crippen molar-refractivity contribution < 1.29 is 8.78 Å². The molecule has 0 fully saturated rings. The maximum Gasteiger partial charge on any atom is 0.263 e. The number of halogens is 3. The molecule has 0 saturated heterocycles. The van der Waals surface area contributed by atoms with Gasteiger partial charge < -0.3 is 5.32 Å². The Hall–Kier alpha value is -1.45. The second-order valence-electron chi connectivity index (χ2n) is 4.70. The van der Waals surface area contributed by atoms with E-state index in [1.807, 2.05) is 24.3 Å². The van der Waals surface area contributed by atoms with Gasteiger partial charge in [0.2, 0.25) is 0 Å². The highest BCUT2D eigenvalue weighted by molar-refractivity contribution is 6.30. The maximum absolute atomic E-state index is 12.4. The molecule has 0 spiro atoms. The average molecular weight is 296 g/mol. The van der Waals surface area contributed by atoms with Gasteiger partial charge in [0, 0.05) is 23.2 Å². The predicted octanol–water partition coefficient (Wildman–Crippen LogP) is 5.13. The molecular formula is C16H16ClF2N. The molecule has 1 N–H and O–H groups in total. The van der Waals surface area contributed by atoms with Crippen LogP contribution >= 0.6 is 11.6 Å². The normalized spacial score (nSPS) is 12.7. The Kier molecular flexibility index (Phi) is 5.10. The molecule has 0 aliphatic heterocycles. The number of nitrogens with one attached hydrogen (secondary N) is 1. The zero-order valence-electron chi connectivity index (χ0n) is 11.1. The van der Waals surface area contributed by atoms with Crippen LogP contribution in [0.3, 0.4) is 0 Å². The summed E-state index contributed by atoms with van der Waals surface area (Å²) in [6, 6.07) is 14.2. The Labute approximate surface area is 122 Å². The first-order valence-electron chi connectivity index (χ1n) is 6.42. The van der Waals surface area contributed by atoms with Crippen molar-refractivity contribution >= 4 is 11.6 Å². The average Bonchev–Trinajstić information content (AvgIpc) is 2.46. The Bertz CT molecular complexity index is 537. The van der Waals surface area contributed by atoms with Crippen molar-refractivity contribution in [2.45, 2.75) is 25.9 Å². The zero-order chi connectivity index (χ0) is 14.5. The van der Waals surface area contributed by atoms with Gasteiger partial charge in [0.1, 0.15) is 0 Å². The smallest absolute Gasteiger partial charge is 0.263 e. The molecule has 0 aromatic heterocycles. The van der Waals surface area contributed by atoms with E-state index in [9.17, 15) is 8.78 Å². The van der Waals surface area contributed by atoms with Gasteiger partial charge in [-0.1, -0.05) is 48.0 Å². The summed E-state index contributed by atoms with van der Waals surface area (Å²) in [5, 5.41) is 4.06. The summed E-state index contributed by atoms with van der Waals surface area (Å²) in [6.45, 7) is 2.68. The third kappa shape index (κ3) is 4.02. The maximum atomic E-state index is 12.4. The fourth-order valence-corrected chi connectivity index (χ4v) is 2.05. The van der Waals surface area contributed by atoms with Gasteiger partial charge in [0.25, 0.3) is 6.43 Å². The molecule has 20 heavy (non-hydrogen) atoms. The third-order valence-electron chi connectivity index (χ3n) is 3.21. The molecule has 0 aliphatic carbocycles. The minimum atomic E-state index is -2.41. The molecule has 106 valence electrons. The summed E-state index contributed by atoms with van der Waals surface area (Å²) in [5.41, 5.74) is 2.17. The lowest BCUT2D eigenvalue weighted by Crippen LogP contribution is -2.17. The van der Waals surface area contributed by atoms with E-state index in [1.54, 1.807) is 12.1 Å². The van der Waals surface area contributed by atoms with E-state index in [4.69, 9.17) is 11.6 Å². The van der Waals surface area contributed by atoms with E-state index >= 15 is 0 Å². The lowest BCUT2D eigenvalue weighted by atomic mass is 10.1. The molecule has 2 rings (SSSR count). The largest absolute Gasteiger partial charge is 0.306 e. The zero-order valence-corrected chi connectivity index (χ0v) is 11.9. The molecular weight excluding hydrogens is 280 g/mol. The highest BCUT2D eigenvalue weighted by atomic mass is 35.5. The fraction of sp³-hybridized carbons (Fsp3) is 0.250. The molecule has 0 heterocycles. The minimum absolute atomic E-state index is 0.0551. The van der Waals surface area contributed by atoms with Crippen molar-refractivity contribution in [2.24, 2.45) is 0 Å². The summed E-state index contributed by atoms with van der Waals surface area (Å²) in [7, 11) is 0. The molecule has 0 bridgehead atoms. The van der Waals surface area contributed by atoms with Gasteiger partial charge in [0.15, 0.2) is 0 Å². The van der Waals surface area contributed by atoms with Crippen molar-refractivity contribution in [3.8, 4) is 0 Å².